The second kappa shape index (κ2) is 10.2. The van der Waals surface area contributed by atoms with Crippen LogP contribution in [-0.2, 0) is 9.47 Å². The number of aliphatic hydroxyl groups excluding tert-OH is 2. The van der Waals surface area contributed by atoms with Crippen molar-refractivity contribution in [1.29, 1.82) is 0 Å². The highest BCUT2D eigenvalue weighted by Gasteiger charge is 2.51. The van der Waals surface area contributed by atoms with Crippen molar-refractivity contribution in [3.8, 4) is 0 Å². The predicted octanol–water partition coefficient (Wildman–Crippen LogP) is 4.21. The van der Waals surface area contributed by atoms with Crippen molar-refractivity contribution in [3.05, 3.63) is 0 Å². The Morgan fingerprint density at radius 3 is 1.31 bits per heavy atom. The first-order chi connectivity index (χ1) is 16.4. The summed E-state index contributed by atoms with van der Waals surface area (Å²) in [5.41, 5.74) is -1.50. The topological polar surface area (TPSA) is 99.5 Å². The highest BCUT2D eigenvalue weighted by molar-refractivity contribution is 5.69. The van der Waals surface area contributed by atoms with Crippen LogP contribution >= 0.6 is 0 Å². The van der Waals surface area contributed by atoms with Crippen molar-refractivity contribution < 1.29 is 38.1 Å². The third-order valence-electron chi connectivity index (χ3n) is 7.56. The molecule has 2 N–H and O–H groups in total. The zero-order chi connectivity index (χ0) is 27.1. The fourth-order valence-electron chi connectivity index (χ4n) is 5.91. The largest absolute Gasteiger partial charge is 0.444 e. The Kier molecular flexibility index (Phi) is 8.21. The molecule has 2 aliphatic carbocycles. The number of amides is 2. The van der Waals surface area contributed by atoms with Gasteiger partial charge in [0.05, 0.1) is 12.2 Å². The van der Waals surface area contributed by atoms with E-state index in [1.54, 1.807) is 9.80 Å². The van der Waals surface area contributed by atoms with Gasteiger partial charge >= 0.3 is 12.2 Å². The van der Waals surface area contributed by atoms with Crippen LogP contribution < -0.4 is 0 Å². The van der Waals surface area contributed by atoms with Crippen molar-refractivity contribution in [1.82, 2.24) is 9.80 Å². The van der Waals surface area contributed by atoms with Crippen LogP contribution in [0.25, 0.3) is 0 Å². The molecule has 0 bridgehead atoms. The molecule has 8 nitrogen and oxygen atoms in total. The van der Waals surface area contributed by atoms with E-state index in [4.69, 9.17) is 9.47 Å². The van der Waals surface area contributed by atoms with Crippen LogP contribution in [0.2, 0.25) is 0 Å². The highest BCUT2D eigenvalue weighted by Crippen LogP contribution is 2.47. The van der Waals surface area contributed by atoms with Crippen molar-refractivity contribution in [2.45, 2.75) is 116 Å². The molecule has 2 heterocycles. The molecule has 2 unspecified atom stereocenters. The second-order valence-corrected chi connectivity index (χ2v) is 13.3. The van der Waals surface area contributed by atoms with Crippen LogP contribution in [-0.4, -0.2) is 94.1 Å². The first-order valence-electron chi connectivity index (χ1n) is 13.0. The summed E-state index contributed by atoms with van der Waals surface area (Å²) in [5, 5.41) is 19.0. The molecule has 0 aromatic carbocycles. The monoisotopic (exact) mass is 518 g/mol. The predicted molar refractivity (Wildman–Crippen MR) is 130 cm³/mol. The van der Waals surface area contributed by atoms with E-state index >= 15 is 0 Å². The molecule has 2 saturated heterocycles. The lowest BCUT2D eigenvalue weighted by Gasteiger charge is -2.26. The molecular weight excluding hydrogens is 474 g/mol. The second-order valence-electron chi connectivity index (χ2n) is 13.3. The van der Waals surface area contributed by atoms with E-state index < -0.39 is 35.8 Å². The van der Waals surface area contributed by atoms with Gasteiger partial charge in [-0.15, -0.1) is 0 Å². The van der Waals surface area contributed by atoms with Gasteiger partial charge in [-0.2, -0.15) is 0 Å². The van der Waals surface area contributed by atoms with Gasteiger partial charge in [-0.25, -0.2) is 18.4 Å². The molecule has 4 rings (SSSR count). The van der Waals surface area contributed by atoms with E-state index in [9.17, 15) is 28.6 Å². The van der Waals surface area contributed by atoms with E-state index in [2.05, 4.69) is 0 Å². The minimum Gasteiger partial charge on any atom is -0.444 e. The Bertz CT molecular complexity index is 725. The minimum absolute atomic E-state index is 0.240. The number of hydrogen-bond donors (Lipinski definition) is 2. The fourth-order valence-corrected chi connectivity index (χ4v) is 5.91. The maximum Gasteiger partial charge on any atom is 0.410 e. The lowest BCUT2D eigenvalue weighted by molar-refractivity contribution is 0.0260. The van der Waals surface area contributed by atoms with Gasteiger partial charge in [-0.1, -0.05) is 0 Å². The Hall–Kier alpha value is -1.68. The number of hydrogen-bond acceptors (Lipinski definition) is 6. The molecule has 36 heavy (non-hydrogen) atoms. The average molecular weight is 519 g/mol. The molecule has 4 aliphatic rings. The van der Waals surface area contributed by atoms with Crippen molar-refractivity contribution >= 4 is 12.2 Å². The molecule has 2 aliphatic heterocycles. The van der Waals surface area contributed by atoms with E-state index in [1.807, 2.05) is 41.5 Å². The summed E-state index contributed by atoms with van der Waals surface area (Å²) in [6, 6.07) is 0. The first-order valence-corrected chi connectivity index (χ1v) is 13.0. The van der Waals surface area contributed by atoms with Gasteiger partial charge in [0.2, 0.25) is 0 Å². The molecule has 0 radical (unpaired) electrons. The van der Waals surface area contributed by atoms with Crippen LogP contribution in [0.3, 0.4) is 0 Å². The van der Waals surface area contributed by atoms with Gasteiger partial charge in [0, 0.05) is 26.2 Å². The normalized spacial score (nSPS) is 36.4. The molecular formula is C26H44F2N2O6. The average Bonchev–Trinajstić information content (AvgIpc) is 3.43. The summed E-state index contributed by atoms with van der Waals surface area (Å²) in [7, 11) is 0. The van der Waals surface area contributed by atoms with Gasteiger partial charge < -0.3 is 29.5 Å². The highest BCUT2D eigenvalue weighted by atomic mass is 19.1. The number of likely N-dealkylation sites (tertiary alicyclic amines) is 2. The molecule has 4 fully saturated rings. The van der Waals surface area contributed by atoms with Gasteiger partial charge in [0.15, 0.2) is 0 Å². The number of halogens is 2. The van der Waals surface area contributed by atoms with Gasteiger partial charge in [0.25, 0.3) is 0 Å². The Balaban J connectivity index is 0.000000201. The fraction of sp³-hybridized carbons (Fsp3) is 0.923. The van der Waals surface area contributed by atoms with Crippen LogP contribution in [0.1, 0.15) is 80.1 Å². The summed E-state index contributed by atoms with van der Waals surface area (Å²) in [6.45, 7) is 13.1. The summed E-state index contributed by atoms with van der Waals surface area (Å²) in [6.07, 6.45) is -1.60. The first kappa shape index (κ1) is 28.9. The number of carbonyl (C=O) groups is 2. The maximum absolute atomic E-state index is 13.4. The zero-order valence-electron chi connectivity index (χ0n) is 22.6. The lowest BCUT2D eigenvalue weighted by Crippen LogP contribution is -2.36. The Morgan fingerprint density at radius 2 is 1.06 bits per heavy atom. The quantitative estimate of drug-likeness (QED) is 0.498. The Morgan fingerprint density at radius 1 is 0.722 bits per heavy atom. The molecule has 2 saturated carbocycles. The van der Waals surface area contributed by atoms with E-state index in [0.717, 1.165) is 12.8 Å². The number of carbonyl (C=O) groups excluding carboxylic acids is 2. The number of rotatable bonds is 0. The van der Waals surface area contributed by atoms with E-state index in [1.165, 1.54) is 0 Å². The Labute approximate surface area is 213 Å². The molecule has 0 aromatic heterocycles. The summed E-state index contributed by atoms with van der Waals surface area (Å²) in [5.74, 6) is 0. The summed E-state index contributed by atoms with van der Waals surface area (Å²) >= 11 is 0. The molecule has 208 valence electrons. The summed E-state index contributed by atoms with van der Waals surface area (Å²) in [4.78, 5) is 27.1. The van der Waals surface area contributed by atoms with Gasteiger partial charge in [-0.3, -0.25) is 0 Å². The molecule has 6 atom stereocenters. The van der Waals surface area contributed by atoms with Gasteiger partial charge in [-0.05, 0) is 90.9 Å². The van der Waals surface area contributed by atoms with Crippen LogP contribution in [0.5, 0.6) is 0 Å². The maximum atomic E-state index is 13.4. The van der Waals surface area contributed by atoms with Crippen LogP contribution in [0.15, 0.2) is 0 Å². The van der Waals surface area contributed by atoms with E-state index in [0.29, 0.717) is 51.9 Å². The lowest BCUT2D eigenvalue weighted by atomic mass is 9.85. The van der Waals surface area contributed by atoms with E-state index in [-0.39, 0.29) is 23.0 Å². The molecule has 2 spiro atoms. The third-order valence-corrected chi connectivity index (χ3v) is 7.56. The van der Waals surface area contributed by atoms with Crippen LogP contribution in [0.4, 0.5) is 18.4 Å². The minimum atomic E-state index is -1.15. The number of nitrogens with zero attached hydrogens (tertiary/aromatic N) is 2. The number of aliphatic hydroxyl groups is 2. The smallest absolute Gasteiger partial charge is 0.410 e. The van der Waals surface area contributed by atoms with Crippen molar-refractivity contribution in [2.24, 2.45) is 10.8 Å². The van der Waals surface area contributed by atoms with Gasteiger partial charge in [0.1, 0.15) is 23.5 Å². The SMILES string of the molecule is CC(C)(C)OC(=O)N1CCC2(C[C@@H](O)[C@H](F)C2)C1.CC(C)(C)OC(=O)N1CCC2(C[C@H](O)[C@@H](F)C2)C1. The molecule has 0 aromatic rings. The number of ether oxygens (including phenoxy) is 2. The van der Waals surface area contributed by atoms with Crippen LogP contribution in [0, 0.1) is 10.8 Å². The molecule has 2 amide bonds. The standard InChI is InChI=1S/2C13H22FNO3/c2*1-12(2,3)18-11(17)15-5-4-13(8-15)6-9(14)10(16)7-13/h2*9-10,16H,4-8H2,1-3H3/t2*9-,10-,13?/m10/s1. The zero-order valence-corrected chi connectivity index (χ0v) is 22.6. The number of alkyl halides is 2. The molecule has 10 heteroatoms. The van der Waals surface area contributed by atoms with Crippen molar-refractivity contribution in [3.63, 3.8) is 0 Å². The third kappa shape index (κ3) is 7.21. The summed E-state index contributed by atoms with van der Waals surface area (Å²) < 4.78 is 37.5. The van der Waals surface area contributed by atoms with Crippen molar-refractivity contribution in [2.75, 3.05) is 26.2 Å².